The number of hydrogen-bond donors (Lipinski definition) is 1. The lowest BCUT2D eigenvalue weighted by molar-refractivity contribution is -0.133. The van der Waals surface area contributed by atoms with Crippen molar-refractivity contribution in [3.8, 4) is 0 Å². The summed E-state index contributed by atoms with van der Waals surface area (Å²) in [6, 6.07) is 0.540. The van der Waals surface area contributed by atoms with Crippen molar-refractivity contribution in [2.24, 2.45) is 11.8 Å². The highest BCUT2D eigenvalue weighted by atomic mass is 16.2. The summed E-state index contributed by atoms with van der Waals surface area (Å²) in [5.74, 6) is 1.66. The van der Waals surface area contributed by atoms with E-state index >= 15 is 0 Å². The SMILES string of the molecule is CCCN1C[C@@H](CC(=O)N(CC)CCCN(C)C)C[C@@H]2Cc3nc(N)ncc3C[C@H]21. The Morgan fingerprint density at radius 1 is 1.27 bits per heavy atom. The van der Waals surface area contributed by atoms with Gasteiger partial charge in [-0.15, -0.1) is 0 Å². The van der Waals surface area contributed by atoms with Crippen molar-refractivity contribution in [1.29, 1.82) is 0 Å². The number of rotatable bonds is 9. The molecular weight excluding hydrogens is 376 g/mol. The molecule has 1 aromatic rings. The molecule has 1 fully saturated rings. The average molecular weight is 417 g/mol. The van der Waals surface area contributed by atoms with Gasteiger partial charge in [-0.3, -0.25) is 9.69 Å². The van der Waals surface area contributed by atoms with E-state index in [0.29, 0.717) is 36.2 Å². The molecule has 1 aliphatic carbocycles. The minimum atomic E-state index is 0.318. The van der Waals surface area contributed by atoms with Gasteiger partial charge < -0.3 is 15.5 Å². The number of nitrogen functional groups attached to an aromatic ring is 1. The largest absolute Gasteiger partial charge is 0.368 e. The summed E-state index contributed by atoms with van der Waals surface area (Å²) >= 11 is 0. The Morgan fingerprint density at radius 3 is 2.77 bits per heavy atom. The molecule has 1 saturated heterocycles. The predicted molar refractivity (Wildman–Crippen MR) is 121 cm³/mol. The van der Waals surface area contributed by atoms with Crippen LogP contribution in [-0.4, -0.2) is 83.4 Å². The number of nitrogens with two attached hydrogens (primary N) is 1. The van der Waals surface area contributed by atoms with Crippen LogP contribution in [0, 0.1) is 11.8 Å². The Kier molecular flexibility index (Phi) is 8.06. The maximum atomic E-state index is 13.0. The number of likely N-dealkylation sites (tertiary alicyclic amines) is 1. The monoisotopic (exact) mass is 416 g/mol. The van der Waals surface area contributed by atoms with Crippen molar-refractivity contribution in [1.82, 2.24) is 24.7 Å². The lowest BCUT2D eigenvalue weighted by Gasteiger charge is -2.47. The summed E-state index contributed by atoms with van der Waals surface area (Å²) in [5.41, 5.74) is 8.21. The van der Waals surface area contributed by atoms with Gasteiger partial charge in [0.15, 0.2) is 0 Å². The summed E-state index contributed by atoms with van der Waals surface area (Å²) in [4.78, 5) is 28.6. The first-order chi connectivity index (χ1) is 14.4. The van der Waals surface area contributed by atoms with E-state index in [0.717, 1.165) is 70.5 Å². The molecule has 0 radical (unpaired) electrons. The number of carbonyl (C=O) groups is 1. The van der Waals surface area contributed by atoms with Crippen LogP contribution >= 0.6 is 0 Å². The third kappa shape index (κ3) is 5.70. The second kappa shape index (κ2) is 10.5. The fraction of sp³-hybridized carbons (Fsp3) is 0.783. The number of piperidine rings is 1. The van der Waals surface area contributed by atoms with Crippen molar-refractivity contribution in [2.45, 2.75) is 58.4 Å². The molecule has 0 bridgehead atoms. The van der Waals surface area contributed by atoms with Crippen LogP contribution in [-0.2, 0) is 17.6 Å². The molecule has 7 heteroatoms. The zero-order valence-electron chi connectivity index (χ0n) is 19.3. The molecule has 1 aromatic heterocycles. The minimum Gasteiger partial charge on any atom is -0.368 e. The van der Waals surface area contributed by atoms with Gasteiger partial charge in [-0.25, -0.2) is 9.97 Å². The number of anilines is 1. The first-order valence-electron chi connectivity index (χ1n) is 11.7. The highest BCUT2D eigenvalue weighted by Gasteiger charge is 2.40. The Hall–Kier alpha value is -1.73. The second-order valence-corrected chi connectivity index (χ2v) is 9.37. The fourth-order valence-electron chi connectivity index (χ4n) is 5.32. The Morgan fingerprint density at radius 2 is 2.07 bits per heavy atom. The van der Waals surface area contributed by atoms with E-state index in [4.69, 9.17) is 5.73 Å². The van der Waals surface area contributed by atoms with Gasteiger partial charge in [0.05, 0.1) is 0 Å². The molecule has 30 heavy (non-hydrogen) atoms. The van der Waals surface area contributed by atoms with Gasteiger partial charge in [-0.05, 0) is 83.6 Å². The fourth-order valence-corrected chi connectivity index (χ4v) is 5.32. The molecule has 2 aliphatic rings. The molecule has 1 amide bonds. The Bertz CT molecular complexity index is 709. The molecule has 0 aromatic carbocycles. The summed E-state index contributed by atoms with van der Waals surface area (Å²) in [5, 5.41) is 0. The molecule has 0 spiro atoms. The topological polar surface area (TPSA) is 78.6 Å². The van der Waals surface area contributed by atoms with Crippen LogP contribution < -0.4 is 5.73 Å². The van der Waals surface area contributed by atoms with Crippen molar-refractivity contribution in [3.63, 3.8) is 0 Å². The van der Waals surface area contributed by atoms with Gasteiger partial charge in [-0.1, -0.05) is 6.92 Å². The molecule has 168 valence electrons. The molecule has 0 unspecified atom stereocenters. The van der Waals surface area contributed by atoms with Gasteiger partial charge >= 0.3 is 0 Å². The Balaban J connectivity index is 1.65. The van der Waals surface area contributed by atoms with E-state index in [9.17, 15) is 4.79 Å². The van der Waals surface area contributed by atoms with Gasteiger partial charge in [-0.2, -0.15) is 0 Å². The van der Waals surface area contributed by atoms with Gasteiger partial charge in [0, 0.05) is 44.0 Å². The lowest BCUT2D eigenvalue weighted by Crippen LogP contribution is -2.53. The summed E-state index contributed by atoms with van der Waals surface area (Å²) < 4.78 is 0. The zero-order chi connectivity index (χ0) is 21.7. The number of hydrogen-bond acceptors (Lipinski definition) is 6. The number of carbonyl (C=O) groups excluding carboxylic acids is 1. The maximum Gasteiger partial charge on any atom is 0.222 e. The van der Waals surface area contributed by atoms with E-state index in [1.807, 2.05) is 11.1 Å². The minimum absolute atomic E-state index is 0.318. The highest BCUT2D eigenvalue weighted by Crippen LogP contribution is 2.37. The number of nitrogens with zero attached hydrogens (tertiary/aromatic N) is 5. The molecule has 2 heterocycles. The lowest BCUT2D eigenvalue weighted by atomic mass is 9.73. The van der Waals surface area contributed by atoms with Crippen LogP contribution in [0.1, 0.15) is 50.8 Å². The van der Waals surface area contributed by atoms with Crippen LogP contribution in [0.2, 0.25) is 0 Å². The third-order valence-corrected chi connectivity index (χ3v) is 6.74. The summed E-state index contributed by atoms with van der Waals surface area (Å²) in [6.45, 7) is 9.13. The molecule has 1 aliphatic heterocycles. The smallest absolute Gasteiger partial charge is 0.222 e. The number of fused-ring (bicyclic) bond motifs is 2. The van der Waals surface area contributed by atoms with Crippen molar-refractivity contribution < 1.29 is 4.79 Å². The molecule has 3 rings (SSSR count). The predicted octanol–water partition coefficient (Wildman–Crippen LogP) is 2.06. The highest BCUT2D eigenvalue weighted by molar-refractivity contribution is 5.76. The zero-order valence-corrected chi connectivity index (χ0v) is 19.3. The third-order valence-electron chi connectivity index (χ3n) is 6.74. The maximum absolute atomic E-state index is 13.0. The molecule has 0 saturated carbocycles. The quantitative estimate of drug-likeness (QED) is 0.664. The van der Waals surface area contributed by atoms with E-state index in [2.05, 4.69) is 47.7 Å². The van der Waals surface area contributed by atoms with Crippen LogP contribution in [0.4, 0.5) is 5.95 Å². The summed E-state index contributed by atoms with van der Waals surface area (Å²) in [6.07, 6.45) is 7.82. The van der Waals surface area contributed by atoms with Crippen molar-refractivity contribution in [2.75, 3.05) is 52.6 Å². The Labute approximate surface area is 182 Å². The van der Waals surface area contributed by atoms with Gasteiger partial charge in [0.25, 0.3) is 0 Å². The average Bonchev–Trinajstić information content (AvgIpc) is 2.69. The molecular formula is C23H40N6O. The van der Waals surface area contributed by atoms with Crippen molar-refractivity contribution >= 4 is 11.9 Å². The molecule has 2 N–H and O–H groups in total. The number of aromatic nitrogens is 2. The normalized spacial score (nSPS) is 23.8. The van der Waals surface area contributed by atoms with E-state index in [-0.39, 0.29) is 0 Å². The standard InChI is InChI=1S/C23H40N6O/c1-5-8-29-16-17(12-22(30)28(6-2)10-7-9-27(3)4)11-18-13-20-19(14-21(18)29)15-25-23(24)26-20/h15,17-18,21H,5-14,16H2,1-4H3,(H2,24,25,26)/t17-,18-,21-/m1/s1. The van der Waals surface area contributed by atoms with Gasteiger partial charge in [0.2, 0.25) is 11.9 Å². The van der Waals surface area contributed by atoms with Crippen LogP contribution in [0.5, 0.6) is 0 Å². The summed E-state index contributed by atoms with van der Waals surface area (Å²) in [7, 11) is 4.17. The van der Waals surface area contributed by atoms with Gasteiger partial charge in [0.1, 0.15) is 0 Å². The molecule has 3 atom stereocenters. The first kappa shape index (κ1) is 22.9. The van der Waals surface area contributed by atoms with E-state index < -0.39 is 0 Å². The number of amides is 1. The van der Waals surface area contributed by atoms with Crippen LogP contribution in [0.25, 0.3) is 0 Å². The van der Waals surface area contributed by atoms with E-state index in [1.165, 1.54) is 5.56 Å². The van der Waals surface area contributed by atoms with E-state index in [1.54, 1.807) is 0 Å². The van der Waals surface area contributed by atoms with Crippen LogP contribution in [0.15, 0.2) is 6.20 Å². The molecule has 7 nitrogen and oxygen atoms in total. The second-order valence-electron chi connectivity index (χ2n) is 9.37. The first-order valence-corrected chi connectivity index (χ1v) is 11.7. The van der Waals surface area contributed by atoms with Crippen LogP contribution in [0.3, 0.4) is 0 Å². The van der Waals surface area contributed by atoms with Crippen molar-refractivity contribution in [3.05, 3.63) is 17.5 Å².